The van der Waals surface area contributed by atoms with Gasteiger partial charge in [-0.05, 0) is 102 Å². The number of anilines is 2. The number of nitriles is 2. The number of carbonyl (C=O) groups is 2. The number of ether oxygens (including phenoxy) is 2. The molecular weight excluding hydrogens is 1070 g/mol. The molecule has 78 heavy (non-hydrogen) atoms. The molecule has 396 valence electrons. The summed E-state index contributed by atoms with van der Waals surface area (Å²) in [7, 11) is 3.28. The Bertz CT molecular complexity index is 3400. The molecule has 0 unspecified atom stereocenters. The summed E-state index contributed by atoms with van der Waals surface area (Å²) >= 11 is 10.7. The van der Waals surface area contributed by atoms with Crippen LogP contribution in [0.25, 0.3) is 21.7 Å². The number of halogens is 1. The van der Waals surface area contributed by atoms with Crippen LogP contribution in [-0.2, 0) is 0 Å². The number of alkyl halides is 1. The lowest BCUT2D eigenvalue weighted by atomic mass is 10.1. The number of imidazole rings is 1. The zero-order valence-electron chi connectivity index (χ0n) is 42.3. The van der Waals surface area contributed by atoms with E-state index in [0.29, 0.717) is 47.2 Å². The van der Waals surface area contributed by atoms with Crippen molar-refractivity contribution in [3.63, 3.8) is 0 Å². The molecule has 0 saturated heterocycles. The van der Waals surface area contributed by atoms with Crippen LogP contribution in [-0.4, -0.2) is 135 Å². The average molecular weight is 1120 g/mol. The summed E-state index contributed by atoms with van der Waals surface area (Å²) in [5.74, 6) is 3.63. The molecule has 23 heteroatoms. The van der Waals surface area contributed by atoms with Gasteiger partial charge in [-0.2, -0.15) is 10.5 Å². The Hall–Kier alpha value is -8.72. The number of fused-ring (bicyclic) bond motifs is 4. The Morgan fingerprint density at radius 1 is 0.744 bits per heavy atom. The van der Waals surface area contributed by atoms with E-state index in [1.807, 2.05) is 60.1 Å². The third kappa shape index (κ3) is 15.2. The molecule has 3 aromatic heterocycles. The van der Waals surface area contributed by atoms with Crippen molar-refractivity contribution in [1.29, 1.82) is 10.5 Å². The van der Waals surface area contributed by atoms with Crippen LogP contribution in [0.3, 0.4) is 0 Å². The number of aromatic nitrogens is 3. The minimum Gasteiger partial charge on any atom is -0.508 e. The molecule has 9 heterocycles. The van der Waals surface area contributed by atoms with Gasteiger partial charge in [-0.15, -0.1) is 11.6 Å². The van der Waals surface area contributed by atoms with Crippen molar-refractivity contribution >= 4 is 92.2 Å². The average Bonchev–Trinajstić information content (AvgIpc) is 4.42. The number of aldehydes is 2. The highest BCUT2D eigenvalue weighted by molar-refractivity contribution is 8.17. The molecule has 4 N–H and O–H groups in total. The number of phenols is 1. The fourth-order valence-corrected chi connectivity index (χ4v) is 10.7. The predicted molar refractivity (Wildman–Crippen MR) is 312 cm³/mol. The number of hydrogen-bond acceptors (Lipinski definition) is 20. The van der Waals surface area contributed by atoms with Crippen LogP contribution in [0.1, 0.15) is 31.8 Å². The summed E-state index contributed by atoms with van der Waals surface area (Å²) in [4.78, 5) is 51.5. The topological polar surface area (TPSA) is 240 Å². The first-order valence-corrected chi connectivity index (χ1v) is 27.0. The fraction of sp³-hybridized carbons (Fsp3) is 0.200. The van der Waals surface area contributed by atoms with Gasteiger partial charge in [0.25, 0.3) is 0 Å². The predicted octanol–water partition coefficient (Wildman–Crippen LogP) is 9.45. The molecule has 0 aliphatic carbocycles. The van der Waals surface area contributed by atoms with Crippen molar-refractivity contribution in [2.45, 2.75) is 0 Å². The van der Waals surface area contributed by atoms with E-state index in [0.717, 1.165) is 113 Å². The lowest BCUT2D eigenvalue weighted by Crippen LogP contribution is -2.24. The van der Waals surface area contributed by atoms with Gasteiger partial charge in [0.05, 0.1) is 60.2 Å². The molecule has 0 atom stereocenters. The monoisotopic (exact) mass is 1120 g/mol. The van der Waals surface area contributed by atoms with E-state index in [1.54, 1.807) is 77.8 Å². The normalized spacial score (nSPS) is 14.6. The maximum absolute atomic E-state index is 10.5. The molecule has 3 aromatic carbocycles. The number of carbonyl (C=O) groups excluding carboxylic acids is 2. The number of thioether (sulfide) groups is 3. The zero-order valence-corrected chi connectivity index (χ0v) is 45.5. The number of allylic oxidation sites excluding steroid dienone is 1. The molecule has 6 aliphatic heterocycles. The Morgan fingerprint density at radius 2 is 1.22 bits per heavy atom. The van der Waals surface area contributed by atoms with E-state index in [4.69, 9.17) is 54.0 Å². The number of rotatable bonds is 11. The van der Waals surface area contributed by atoms with Crippen LogP contribution >= 0.6 is 46.9 Å². The van der Waals surface area contributed by atoms with Gasteiger partial charge in [0.15, 0.2) is 15.5 Å². The third-order valence-electron chi connectivity index (χ3n) is 11.3. The Morgan fingerprint density at radius 3 is 1.68 bits per heavy atom. The first-order valence-electron chi connectivity index (χ1n) is 23.8. The van der Waals surface area contributed by atoms with Gasteiger partial charge in [-0.3, -0.25) is 29.0 Å². The number of nitrogen functional groups attached to an aromatic ring is 1. The number of aromatic hydroxyl groups is 1. The second-order valence-electron chi connectivity index (χ2n) is 16.4. The second-order valence-corrected chi connectivity index (χ2v) is 19.2. The van der Waals surface area contributed by atoms with Crippen LogP contribution < -0.4 is 20.5 Å². The van der Waals surface area contributed by atoms with Gasteiger partial charge in [0, 0.05) is 72.3 Å². The van der Waals surface area contributed by atoms with Crippen molar-refractivity contribution in [3.8, 4) is 40.6 Å². The minimum absolute atomic E-state index is 0.181. The van der Waals surface area contributed by atoms with Crippen LogP contribution in [0.5, 0.6) is 17.2 Å². The van der Waals surface area contributed by atoms with Crippen LogP contribution in [0.2, 0.25) is 0 Å². The molecule has 19 nitrogen and oxygen atoms in total. The van der Waals surface area contributed by atoms with Crippen molar-refractivity contribution in [2.24, 2.45) is 15.0 Å². The van der Waals surface area contributed by atoms with E-state index in [-0.39, 0.29) is 5.75 Å². The molecule has 12 rings (SSSR count). The largest absolute Gasteiger partial charge is 0.508 e. The molecule has 0 fully saturated rings. The van der Waals surface area contributed by atoms with Crippen molar-refractivity contribution < 1.29 is 24.2 Å². The highest BCUT2D eigenvalue weighted by Gasteiger charge is 2.28. The van der Waals surface area contributed by atoms with Crippen LogP contribution in [0, 0.1) is 29.2 Å². The summed E-state index contributed by atoms with van der Waals surface area (Å²) in [6.45, 7) is 12.4. The molecule has 6 aromatic rings. The van der Waals surface area contributed by atoms with E-state index in [9.17, 15) is 9.59 Å². The van der Waals surface area contributed by atoms with Gasteiger partial charge in [0.1, 0.15) is 66.0 Å². The molecule has 0 amide bonds. The second kappa shape index (κ2) is 29.0. The maximum atomic E-state index is 10.5. The van der Waals surface area contributed by atoms with Crippen LogP contribution in [0.4, 0.5) is 11.6 Å². The van der Waals surface area contributed by atoms with E-state index in [1.165, 1.54) is 37.1 Å². The van der Waals surface area contributed by atoms with Crippen molar-refractivity contribution in [3.05, 3.63) is 176 Å². The number of benzene rings is 3. The molecule has 6 aliphatic rings. The van der Waals surface area contributed by atoms with Crippen molar-refractivity contribution in [2.75, 3.05) is 83.5 Å². The smallest absolute Gasteiger partial charge is 0.205 e. The number of phenolic OH excluding ortho intramolecular Hbond substituents is 1. The molecule has 0 bridgehead atoms. The maximum Gasteiger partial charge on any atom is 0.205 e. The Kier molecular flexibility index (Phi) is 21.2. The Balaban J connectivity index is 0.000000153. The molecule has 0 saturated carbocycles. The summed E-state index contributed by atoms with van der Waals surface area (Å²) in [6.07, 6.45) is 4.93. The number of nitrogens with two attached hydrogens (primary N) is 1. The molecular formula is C55H51ClN14O5S3. The number of nitrogens with one attached hydrogen (secondary N) is 1. The highest BCUT2D eigenvalue weighted by atomic mass is 35.5. The zero-order chi connectivity index (χ0) is 55.2. The number of aliphatic imine (C=N–C) groups is 3. The third-order valence-corrected chi connectivity index (χ3v) is 14.5. The van der Waals surface area contributed by atoms with E-state index < -0.39 is 0 Å². The van der Waals surface area contributed by atoms with Crippen LogP contribution in [0.15, 0.2) is 158 Å². The quantitative estimate of drug-likeness (QED) is 0.0622. The van der Waals surface area contributed by atoms with Gasteiger partial charge in [-0.1, -0.05) is 35.3 Å². The lowest BCUT2D eigenvalue weighted by Gasteiger charge is -2.17. The standard InChI is InChI=1S/C21H18N6OS.C13H12N2O2S.C7H6O2.C6H7ClN2S.C6H5N3.C2H3N/c1-23-20-19(25-18-10-14(11-22)6-8-27(18)20)15-2-4-17(5-3-15)28-12-16-13-29-21-24-7-9-26(16)21;16-7-10-1-3-12(4-2-10)17-8-11-9-18-13-14-5-6-15(11)13;8-5-6-1-3-7(9)4-2-6;7-3-5-4-10-6-8-1-2-9(5)6;7-4-5-1-2-9-6(8)3-5;1-3-2/h2-6,8,10,13,23H,7,9,12H2,1H3;1-4,7,9H,5-6,8H2;1-5,9H;4H,1-3H2;1-3H,(H2,8,9);1H3. The van der Waals surface area contributed by atoms with Gasteiger partial charge >= 0.3 is 0 Å². The minimum atomic E-state index is 0.181. The van der Waals surface area contributed by atoms with Gasteiger partial charge in [0.2, 0.25) is 7.05 Å². The summed E-state index contributed by atoms with van der Waals surface area (Å²) < 4.78 is 13.6. The number of nitrogens with zero attached hydrogens (tertiary/aromatic N) is 12. The fourth-order valence-electron chi connectivity index (χ4n) is 7.55. The first kappa shape index (κ1) is 57.0. The molecule has 0 radical (unpaired) electrons. The number of amidine groups is 3. The van der Waals surface area contributed by atoms with Gasteiger partial charge < -0.3 is 45.2 Å². The number of pyridine rings is 2. The summed E-state index contributed by atoms with van der Waals surface area (Å²) in [6, 6.07) is 31.9. The summed E-state index contributed by atoms with van der Waals surface area (Å²) in [5.41, 5.74) is 13.7. The lowest BCUT2D eigenvalue weighted by molar-refractivity contribution is 0.111. The summed E-state index contributed by atoms with van der Waals surface area (Å²) in [5, 5.41) is 38.9. The molecule has 0 spiro atoms. The van der Waals surface area contributed by atoms with Gasteiger partial charge in [-0.25, -0.2) is 16.5 Å². The van der Waals surface area contributed by atoms with Crippen molar-refractivity contribution in [1.82, 2.24) is 29.1 Å². The number of hydrogen-bond donors (Lipinski definition) is 3. The SMILES string of the molecule is CNc1c(-c2ccc(OCC3=CSC4=NCCN34)cc2)nc2cc(C#N)ccn12.ClCC1=CSC2=NCCN12.N#Cc1ccnc(N)c1.O=Cc1ccc(O)cc1.O=Cc1ccc(OCC2=CSC3=NCCN23)cc1.[C-]#[N+]C. The van der Waals surface area contributed by atoms with E-state index >= 15 is 0 Å². The highest BCUT2D eigenvalue weighted by Crippen LogP contribution is 2.33. The first-order chi connectivity index (χ1) is 38.1. The Labute approximate surface area is 469 Å². The van der Waals surface area contributed by atoms with E-state index in [2.05, 4.69) is 67.1 Å².